The number of carbonyl (C=O) groups excluding carboxylic acids is 1. The van der Waals surface area contributed by atoms with Crippen LogP contribution in [-0.4, -0.2) is 48.6 Å². The maximum atomic E-state index is 14.1. The van der Waals surface area contributed by atoms with Gasteiger partial charge in [-0.25, -0.2) is 4.39 Å². The van der Waals surface area contributed by atoms with E-state index in [0.29, 0.717) is 31.9 Å². The molecule has 172 valence electrons. The molecule has 11 heteroatoms. The molecular weight excluding hydrogens is 434 g/mol. The summed E-state index contributed by atoms with van der Waals surface area (Å²) in [6.07, 6.45) is -4.47. The Kier molecular flexibility index (Phi) is 7.09. The number of morpholine rings is 1. The zero-order valence-electron chi connectivity index (χ0n) is 17.1. The van der Waals surface area contributed by atoms with Crippen LogP contribution in [0.1, 0.15) is 33.1 Å². The van der Waals surface area contributed by atoms with Crippen molar-refractivity contribution in [1.29, 1.82) is 0 Å². The van der Waals surface area contributed by atoms with Gasteiger partial charge in [-0.2, -0.15) is 13.2 Å². The van der Waals surface area contributed by atoms with E-state index in [1.54, 1.807) is 0 Å². The summed E-state index contributed by atoms with van der Waals surface area (Å²) < 4.78 is 58.1. The van der Waals surface area contributed by atoms with Crippen LogP contribution in [0, 0.1) is 22.9 Å². The normalized spacial score (nSPS) is 15.9. The second-order valence-corrected chi connectivity index (χ2v) is 7.35. The monoisotopic (exact) mass is 455 g/mol. The molecule has 3 rings (SSSR count). The first-order chi connectivity index (χ1) is 15.1. The van der Waals surface area contributed by atoms with Crippen LogP contribution >= 0.6 is 0 Å². The van der Waals surface area contributed by atoms with Crippen LogP contribution in [0.3, 0.4) is 0 Å². The molecular formula is C21H21F4N3O4. The average molecular weight is 455 g/mol. The summed E-state index contributed by atoms with van der Waals surface area (Å²) >= 11 is 0. The molecule has 0 saturated carbocycles. The van der Waals surface area contributed by atoms with Crippen molar-refractivity contribution >= 4 is 11.6 Å². The number of ether oxygens (including phenoxy) is 1. The molecule has 7 nitrogen and oxygen atoms in total. The molecule has 32 heavy (non-hydrogen) atoms. The molecule has 1 heterocycles. The molecule has 2 aromatic carbocycles. The van der Waals surface area contributed by atoms with E-state index in [4.69, 9.17) is 4.74 Å². The van der Waals surface area contributed by atoms with E-state index in [1.165, 1.54) is 19.1 Å². The highest BCUT2D eigenvalue weighted by atomic mass is 19.4. The molecule has 1 amide bonds. The number of nitrogens with zero attached hydrogens (tertiary/aromatic N) is 2. The van der Waals surface area contributed by atoms with Gasteiger partial charge in [0, 0.05) is 31.3 Å². The minimum Gasteiger partial charge on any atom is -0.379 e. The van der Waals surface area contributed by atoms with Crippen LogP contribution in [0.5, 0.6) is 0 Å². The highest BCUT2D eigenvalue weighted by Gasteiger charge is 2.31. The highest BCUT2D eigenvalue weighted by Crippen LogP contribution is 2.31. The van der Waals surface area contributed by atoms with Crippen molar-refractivity contribution in [2.24, 2.45) is 0 Å². The number of halogens is 4. The Labute approximate surface area is 181 Å². The number of nitrogens with one attached hydrogen (secondary N) is 1. The number of hydrogen-bond acceptors (Lipinski definition) is 5. The lowest BCUT2D eigenvalue weighted by atomic mass is 10.0. The molecule has 1 N–H and O–H groups in total. The third-order valence-electron chi connectivity index (χ3n) is 5.34. The zero-order valence-corrected chi connectivity index (χ0v) is 17.1. The van der Waals surface area contributed by atoms with Crippen molar-refractivity contribution in [3.05, 3.63) is 74.6 Å². The maximum Gasteiger partial charge on any atom is 0.416 e. The topological polar surface area (TPSA) is 84.7 Å². The summed E-state index contributed by atoms with van der Waals surface area (Å²) in [5.41, 5.74) is -1.13. The molecule has 1 unspecified atom stereocenters. The van der Waals surface area contributed by atoms with Crippen LogP contribution in [0.25, 0.3) is 0 Å². The van der Waals surface area contributed by atoms with E-state index in [0.717, 1.165) is 24.3 Å². The Balaban J connectivity index is 1.81. The summed E-state index contributed by atoms with van der Waals surface area (Å²) in [5.74, 6) is -1.60. The third kappa shape index (κ3) is 5.40. The van der Waals surface area contributed by atoms with Gasteiger partial charge in [0.25, 0.3) is 11.6 Å². The molecule has 2 aromatic rings. The van der Waals surface area contributed by atoms with E-state index in [1.807, 2.05) is 4.90 Å². The van der Waals surface area contributed by atoms with Crippen LogP contribution in [0.4, 0.5) is 23.2 Å². The number of hydrogen-bond donors (Lipinski definition) is 1. The summed E-state index contributed by atoms with van der Waals surface area (Å²) in [4.78, 5) is 24.9. The van der Waals surface area contributed by atoms with Gasteiger partial charge >= 0.3 is 6.18 Å². The lowest BCUT2D eigenvalue weighted by Crippen LogP contribution is -2.43. The van der Waals surface area contributed by atoms with E-state index >= 15 is 0 Å². The molecule has 1 fully saturated rings. The van der Waals surface area contributed by atoms with Crippen LogP contribution in [0.2, 0.25) is 0 Å². The average Bonchev–Trinajstić information content (AvgIpc) is 2.75. The molecule has 1 aliphatic rings. The van der Waals surface area contributed by atoms with Crippen molar-refractivity contribution in [2.45, 2.75) is 19.1 Å². The standard InChI is InChI=1S/C21H21F4N3O4/c1-13-17(22)10-15(11-18(13)28(30)31)20(29)26-12-19(27-6-8-32-9-7-27)14-2-4-16(5-3-14)21(23,24)25/h2-5,10-11,19H,6-9,12H2,1H3,(H,26,29). The molecule has 1 saturated heterocycles. The number of carbonyl (C=O) groups is 1. The fraction of sp³-hybridized carbons (Fsp3) is 0.381. The molecule has 1 aliphatic heterocycles. The minimum atomic E-state index is -4.47. The zero-order chi connectivity index (χ0) is 23.5. The smallest absolute Gasteiger partial charge is 0.379 e. The lowest BCUT2D eigenvalue weighted by Gasteiger charge is -2.35. The number of alkyl halides is 3. The van der Waals surface area contributed by atoms with Gasteiger partial charge in [0.15, 0.2) is 0 Å². The molecule has 0 aromatic heterocycles. The predicted octanol–water partition coefficient (Wildman–Crippen LogP) is 3.86. The Bertz CT molecular complexity index is 990. The first-order valence-corrected chi connectivity index (χ1v) is 9.79. The molecule has 1 atom stereocenters. The Morgan fingerprint density at radius 2 is 1.84 bits per heavy atom. The largest absolute Gasteiger partial charge is 0.416 e. The van der Waals surface area contributed by atoms with Gasteiger partial charge in [-0.05, 0) is 30.7 Å². The van der Waals surface area contributed by atoms with Crippen LogP contribution in [-0.2, 0) is 10.9 Å². The first kappa shape index (κ1) is 23.6. The van der Waals surface area contributed by atoms with Gasteiger partial charge in [0.1, 0.15) is 5.82 Å². The van der Waals surface area contributed by atoms with Crippen LogP contribution in [0.15, 0.2) is 36.4 Å². The third-order valence-corrected chi connectivity index (χ3v) is 5.34. The van der Waals surface area contributed by atoms with Crippen molar-refractivity contribution in [3.8, 4) is 0 Å². The maximum absolute atomic E-state index is 14.1. The highest BCUT2D eigenvalue weighted by molar-refractivity contribution is 5.95. The van der Waals surface area contributed by atoms with E-state index < -0.39 is 40.1 Å². The Morgan fingerprint density at radius 3 is 2.41 bits per heavy atom. The van der Waals surface area contributed by atoms with Gasteiger partial charge in [0.2, 0.25) is 0 Å². The summed E-state index contributed by atoms with van der Waals surface area (Å²) in [5, 5.41) is 13.7. The van der Waals surface area contributed by atoms with Gasteiger partial charge in [-0.1, -0.05) is 12.1 Å². The van der Waals surface area contributed by atoms with Gasteiger partial charge in [0.05, 0.1) is 35.3 Å². The van der Waals surface area contributed by atoms with E-state index in [-0.39, 0.29) is 17.7 Å². The summed E-state index contributed by atoms with van der Waals surface area (Å²) in [6.45, 7) is 3.13. The van der Waals surface area contributed by atoms with Crippen molar-refractivity contribution in [1.82, 2.24) is 10.2 Å². The predicted molar refractivity (Wildman–Crippen MR) is 107 cm³/mol. The second kappa shape index (κ2) is 9.61. The number of nitro benzene ring substituents is 1. The summed E-state index contributed by atoms with van der Waals surface area (Å²) in [7, 11) is 0. The molecule has 0 aliphatic carbocycles. The van der Waals surface area contributed by atoms with Crippen molar-refractivity contribution < 1.29 is 32.0 Å². The van der Waals surface area contributed by atoms with Crippen molar-refractivity contribution in [2.75, 3.05) is 32.8 Å². The SMILES string of the molecule is Cc1c(F)cc(C(=O)NCC(c2ccc(C(F)(F)F)cc2)N2CCOCC2)cc1[N+](=O)[O-]. The van der Waals surface area contributed by atoms with Gasteiger partial charge in [-0.3, -0.25) is 19.8 Å². The lowest BCUT2D eigenvalue weighted by molar-refractivity contribution is -0.385. The fourth-order valence-corrected chi connectivity index (χ4v) is 3.52. The second-order valence-electron chi connectivity index (χ2n) is 7.35. The number of rotatable bonds is 6. The Morgan fingerprint density at radius 1 is 1.22 bits per heavy atom. The number of amides is 1. The van der Waals surface area contributed by atoms with E-state index in [2.05, 4.69) is 5.32 Å². The summed E-state index contributed by atoms with van der Waals surface area (Å²) in [6, 6.07) is 6.11. The molecule has 0 radical (unpaired) electrons. The first-order valence-electron chi connectivity index (χ1n) is 9.79. The fourth-order valence-electron chi connectivity index (χ4n) is 3.52. The number of nitro groups is 1. The quantitative estimate of drug-likeness (QED) is 0.406. The van der Waals surface area contributed by atoms with Gasteiger partial charge in [-0.15, -0.1) is 0 Å². The van der Waals surface area contributed by atoms with Crippen LogP contribution < -0.4 is 5.32 Å². The van der Waals surface area contributed by atoms with Gasteiger partial charge < -0.3 is 10.1 Å². The molecule has 0 spiro atoms. The van der Waals surface area contributed by atoms with E-state index in [9.17, 15) is 32.5 Å². The Hall–Kier alpha value is -3.05. The number of benzene rings is 2. The minimum absolute atomic E-state index is 0.00743. The molecule has 0 bridgehead atoms. The van der Waals surface area contributed by atoms with Crippen molar-refractivity contribution in [3.63, 3.8) is 0 Å².